The molecule has 156 valence electrons. The van der Waals surface area contributed by atoms with Gasteiger partial charge in [-0.25, -0.2) is 8.42 Å². The number of pyridine rings is 1. The third-order valence-corrected chi connectivity index (χ3v) is 9.39. The summed E-state index contributed by atoms with van der Waals surface area (Å²) in [5.41, 5.74) is 2.36. The van der Waals surface area contributed by atoms with E-state index in [1.54, 1.807) is 22.6 Å². The zero-order valence-electron chi connectivity index (χ0n) is 16.5. The number of rotatable bonds is 4. The topological polar surface area (TPSA) is 58.4 Å². The maximum Gasteiger partial charge on any atom is 0.252 e. The largest absolute Gasteiger partial charge is 0.346 e. The first kappa shape index (κ1) is 20.0. The van der Waals surface area contributed by atoms with Crippen LogP contribution in [0.3, 0.4) is 0 Å². The lowest BCUT2D eigenvalue weighted by Crippen LogP contribution is -2.48. The Morgan fingerprint density at radius 3 is 2.63 bits per heavy atom. The summed E-state index contributed by atoms with van der Waals surface area (Å²) in [6.07, 6.45) is 3.68. The van der Waals surface area contributed by atoms with Crippen molar-refractivity contribution < 1.29 is 8.42 Å². The molecule has 1 saturated heterocycles. The molecule has 6 nitrogen and oxygen atoms in total. The molecular formula is C21H21ClN4O2S2. The van der Waals surface area contributed by atoms with Crippen LogP contribution in [0.4, 0.5) is 0 Å². The summed E-state index contributed by atoms with van der Waals surface area (Å²) in [5.74, 6) is 0. The Hall–Kier alpha value is -1.97. The highest BCUT2D eigenvalue weighted by Crippen LogP contribution is 2.33. The van der Waals surface area contributed by atoms with Gasteiger partial charge in [-0.15, -0.1) is 11.3 Å². The van der Waals surface area contributed by atoms with E-state index in [-0.39, 0.29) is 0 Å². The lowest BCUT2D eigenvalue weighted by Gasteiger charge is -2.33. The number of benzene rings is 1. The molecule has 0 unspecified atom stereocenters. The standard InChI is InChI=1S/C21H21ClN4O2S2/c1-24-18(10-16-13-23-5-4-19(16)24)14-25-6-8-26(9-7-25)30(27,28)21-11-15-2-3-17(22)12-20(15)29-21/h2-5,10-13H,6-9,14H2,1H3. The molecule has 0 radical (unpaired) electrons. The smallest absolute Gasteiger partial charge is 0.252 e. The predicted octanol–water partition coefficient (Wildman–Crippen LogP) is 3.95. The van der Waals surface area contributed by atoms with Crippen molar-refractivity contribution >= 4 is 54.0 Å². The molecule has 1 fully saturated rings. The fraction of sp³-hybridized carbons (Fsp3) is 0.286. The third-order valence-electron chi connectivity index (χ3n) is 5.71. The number of fused-ring (bicyclic) bond motifs is 2. The van der Waals surface area contributed by atoms with Crippen LogP contribution in [0.5, 0.6) is 0 Å². The molecule has 30 heavy (non-hydrogen) atoms. The molecule has 5 rings (SSSR count). The monoisotopic (exact) mass is 460 g/mol. The molecule has 9 heteroatoms. The van der Waals surface area contributed by atoms with Gasteiger partial charge < -0.3 is 4.57 Å². The highest BCUT2D eigenvalue weighted by atomic mass is 35.5. The van der Waals surface area contributed by atoms with Crippen molar-refractivity contribution in [3.63, 3.8) is 0 Å². The molecule has 4 aromatic rings. The van der Waals surface area contributed by atoms with Crippen LogP contribution in [-0.4, -0.2) is 53.4 Å². The minimum Gasteiger partial charge on any atom is -0.346 e. The molecule has 0 aliphatic carbocycles. The van der Waals surface area contributed by atoms with E-state index in [0.717, 1.165) is 27.5 Å². The molecular weight excluding hydrogens is 440 g/mol. The number of thiophene rings is 1. The molecule has 0 N–H and O–H groups in total. The molecule has 4 heterocycles. The zero-order chi connectivity index (χ0) is 20.9. The fourth-order valence-corrected chi connectivity index (χ4v) is 7.24. The maximum atomic E-state index is 13.2. The summed E-state index contributed by atoms with van der Waals surface area (Å²) in [4.78, 5) is 6.50. The second-order valence-corrected chi connectivity index (χ2v) is 11.2. The van der Waals surface area contributed by atoms with Crippen LogP contribution in [0.25, 0.3) is 21.0 Å². The van der Waals surface area contributed by atoms with Crippen LogP contribution in [0.1, 0.15) is 5.69 Å². The van der Waals surface area contributed by atoms with Crippen molar-refractivity contribution in [1.82, 2.24) is 18.8 Å². The van der Waals surface area contributed by atoms with Crippen LogP contribution in [0.15, 0.2) is 53.0 Å². The second kappa shape index (κ2) is 7.62. The fourth-order valence-electron chi connectivity index (χ4n) is 3.99. The molecule has 1 aliphatic rings. The van der Waals surface area contributed by atoms with Crippen LogP contribution in [-0.2, 0) is 23.6 Å². The first-order chi connectivity index (χ1) is 14.4. The minimum atomic E-state index is -3.49. The van der Waals surface area contributed by atoms with Crippen LogP contribution >= 0.6 is 22.9 Å². The number of piperazine rings is 1. The molecule has 0 saturated carbocycles. The van der Waals surface area contributed by atoms with E-state index >= 15 is 0 Å². The van der Waals surface area contributed by atoms with E-state index in [1.807, 2.05) is 24.4 Å². The Morgan fingerprint density at radius 2 is 1.87 bits per heavy atom. The Kier molecular flexibility index (Phi) is 5.07. The van der Waals surface area contributed by atoms with Crippen molar-refractivity contribution in [2.75, 3.05) is 26.2 Å². The van der Waals surface area contributed by atoms with Crippen LogP contribution in [0.2, 0.25) is 5.02 Å². The summed E-state index contributed by atoms with van der Waals surface area (Å²) in [5, 5.41) is 2.65. The van der Waals surface area contributed by atoms with Gasteiger partial charge in [0.05, 0.1) is 5.52 Å². The third kappa shape index (κ3) is 3.52. The number of hydrogen-bond donors (Lipinski definition) is 0. The van der Waals surface area contributed by atoms with Crippen molar-refractivity contribution in [2.24, 2.45) is 7.05 Å². The summed E-state index contributed by atoms with van der Waals surface area (Å²) in [7, 11) is -1.43. The summed E-state index contributed by atoms with van der Waals surface area (Å²) < 4.78 is 31.4. The van der Waals surface area contributed by atoms with Crippen LogP contribution in [0, 0.1) is 0 Å². The van der Waals surface area contributed by atoms with Gasteiger partial charge in [-0.3, -0.25) is 9.88 Å². The molecule has 0 bridgehead atoms. The van der Waals surface area contributed by atoms with Gasteiger partial charge in [0.15, 0.2) is 0 Å². The maximum absolute atomic E-state index is 13.2. The van der Waals surface area contributed by atoms with Gasteiger partial charge in [0.25, 0.3) is 10.0 Å². The van der Waals surface area contributed by atoms with Gasteiger partial charge in [-0.05, 0) is 35.7 Å². The molecule has 0 spiro atoms. The van der Waals surface area contributed by atoms with Crippen molar-refractivity contribution in [3.05, 3.63) is 59.5 Å². The van der Waals surface area contributed by atoms with E-state index in [9.17, 15) is 8.42 Å². The molecule has 0 amide bonds. The van der Waals surface area contributed by atoms with Gasteiger partial charge in [-0.1, -0.05) is 17.7 Å². The highest BCUT2D eigenvalue weighted by molar-refractivity contribution is 7.91. The van der Waals surface area contributed by atoms with Gasteiger partial charge in [-0.2, -0.15) is 4.31 Å². The van der Waals surface area contributed by atoms with E-state index in [1.165, 1.54) is 17.0 Å². The number of halogens is 1. The number of sulfonamides is 1. The number of nitrogens with zero attached hydrogens (tertiary/aromatic N) is 4. The lowest BCUT2D eigenvalue weighted by atomic mass is 10.3. The number of aromatic nitrogens is 2. The second-order valence-electron chi connectivity index (χ2n) is 7.56. The Balaban J connectivity index is 1.30. The highest BCUT2D eigenvalue weighted by Gasteiger charge is 2.30. The number of hydrogen-bond acceptors (Lipinski definition) is 5. The molecule has 1 aromatic carbocycles. The van der Waals surface area contributed by atoms with Gasteiger partial charge in [0.2, 0.25) is 0 Å². The zero-order valence-corrected chi connectivity index (χ0v) is 18.8. The lowest BCUT2D eigenvalue weighted by molar-refractivity contribution is 0.179. The average Bonchev–Trinajstić information content (AvgIpc) is 3.30. The summed E-state index contributed by atoms with van der Waals surface area (Å²) in [6, 6.07) is 11.4. The average molecular weight is 461 g/mol. The van der Waals surface area contributed by atoms with E-state index in [2.05, 4.69) is 27.6 Å². The Labute approximate surface area is 184 Å². The molecule has 0 atom stereocenters. The molecule has 1 aliphatic heterocycles. The normalized spacial score (nSPS) is 16.6. The van der Waals surface area contributed by atoms with Crippen molar-refractivity contribution in [3.8, 4) is 0 Å². The summed E-state index contributed by atoms with van der Waals surface area (Å²) >= 11 is 7.33. The Morgan fingerprint density at radius 1 is 1.07 bits per heavy atom. The Bertz CT molecular complexity index is 1340. The van der Waals surface area contributed by atoms with Gasteiger partial charge >= 0.3 is 0 Å². The van der Waals surface area contributed by atoms with E-state index in [0.29, 0.717) is 35.4 Å². The first-order valence-corrected chi connectivity index (χ1v) is 12.4. The van der Waals surface area contributed by atoms with Crippen molar-refractivity contribution in [1.29, 1.82) is 0 Å². The minimum absolute atomic E-state index is 0.384. The molecule has 3 aromatic heterocycles. The van der Waals surface area contributed by atoms with Crippen LogP contribution < -0.4 is 0 Å². The van der Waals surface area contributed by atoms with Gasteiger partial charge in [0.1, 0.15) is 4.21 Å². The quantitative estimate of drug-likeness (QED) is 0.462. The predicted molar refractivity (Wildman–Crippen MR) is 122 cm³/mol. The first-order valence-electron chi connectivity index (χ1n) is 9.72. The van der Waals surface area contributed by atoms with E-state index in [4.69, 9.17) is 11.6 Å². The van der Waals surface area contributed by atoms with Crippen molar-refractivity contribution in [2.45, 2.75) is 10.8 Å². The summed E-state index contributed by atoms with van der Waals surface area (Å²) in [6.45, 7) is 3.18. The SMILES string of the molecule is Cn1c(CN2CCN(S(=O)(=O)c3cc4ccc(Cl)cc4s3)CC2)cc2cnccc21. The van der Waals surface area contributed by atoms with Gasteiger partial charge in [0, 0.05) is 73.0 Å². The van der Waals surface area contributed by atoms with E-state index < -0.39 is 10.0 Å². The number of aryl methyl sites for hydroxylation is 1.